The molecule has 1 aromatic carbocycles. The van der Waals surface area contributed by atoms with Gasteiger partial charge in [-0.05, 0) is 11.6 Å². The number of hydrogen-bond acceptors (Lipinski definition) is 4. The molecule has 0 fully saturated rings. The molecule has 0 aromatic heterocycles. The summed E-state index contributed by atoms with van der Waals surface area (Å²) < 4.78 is 22.4. The highest BCUT2D eigenvalue weighted by atomic mass is 32.2. The average molecular weight is 283 g/mol. The first kappa shape index (κ1) is 13.5. The second-order valence-corrected chi connectivity index (χ2v) is 6.66. The molecule has 1 aliphatic heterocycles. The molecule has 7 heteroatoms. The summed E-state index contributed by atoms with van der Waals surface area (Å²) >= 11 is 0. The summed E-state index contributed by atoms with van der Waals surface area (Å²) in [7, 11) is -3.50. The van der Waals surface area contributed by atoms with Crippen LogP contribution in [0.1, 0.15) is 5.56 Å². The fraction of sp³-hybridized carbons (Fsp3) is 0.333. The molecule has 0 aliphatic carbocycles. The van der Waals surface area contributed by atoms with Crippen molar-refractivity contribution in [2.24, 2.45) is 0 Å². The number of amides is 1. The van der Waals surface area contributed by atoms with Gasteiger partial charge < -0.3 is 5.11 Å². The Morgan fingerprint density at radius 2 is 2.00 bits per heavy atom. The summed E-state index contributed by atoms with van der Waals surface area (Å²) in [5.74, 6) is -2.54. The Labute approximate surface area is 110 Å². The number of carboxylic acid groups (broad SMARTS) is 1. The van der Waals surface area contributed by atoms with Gasteiger partial charge >= 0.3 is 5.97 Å². The fourth-order valence-electron chi connectivity index (χ4n) is 2.19. The molecule has 1 aliphatic rings. The lowest BCUT2D eigenvalue weighted by Gasteiger charge is -2.22. The highest BCUT2D eigenvalue weighted by molar-refractivity contribution is 7.91. The van der Waals surface area contributed by atoms with Crippen molar-refractivity contribution in [3.05, 3.63) is 29.8 Å². The van der Waals surface area contributed by atoms with E-state index in [1.807, 2.05) is 0 Å². The van der Waals surface area contributed by atoms with Crippen LogP contribution in [0.2, 0.25) is 0 Å². The van der Waals surface area contributed by atoms with Crippen molar-refractivity contribution in [2.75, 3.05) is 16.9 Å². The predicted molar refractivity (Wildman–Crippen MR) is 68.8 cm³/mol. The minimum absolute atomic E-state index is 0.195. The minimum atomic E-state index is -3.50. The van der Waals surface area contributed by atoms with Gasteiger partial charge in [0.2, 0.25) is 5.91 Å². The van der Waals surface area contributed by atoms with E-state index in [1.54, 1.807) is 24.3 Å². The van der Waals surface area contributed by atoms with Crippen LogP contribution in [-0.4, -0.2) is 43.5 Å². The first-order valence-corrected chi connectivity index (χ1v) is 7.66. The predicted octanol–water partition coefficient (Wildman–Crippen LogP) is 0.0735. The number of hydrogen-bond donors (Lipinski definition) is 1. The Balaban J connectivity index is 2.39. The van der Waals surface area contributed by atoms with Crippen molar-refractivity contribution in [3.8, 4) is 0 Å². The number of carbonyl (C=O) groups excluding carboxylic acids is 1. The third kappa shape index (κ3) is 2.76. The van der Waals surface area contributed by atoms with Crippen molar-refractivity contribution in [1.82, 2.24) is 0 Å². The molecule has 102 valence electrons. The first-order valence-electron chi connectivity index (χ1n) is 5.60. The third-order valence-corrected chi connectivity index (χ3v) is 3.69. The Morgan fingerprint density at radius 3 is 2.58 bits per heavy atom. The zero-order valence-corrected chi connectivity index (χ0v) is 11.1. The van der Waals surface area contributed by atoms with Crippen LogP contribution in [0, 0.1) is 0 Å². The molecule has 0 saturated heterocycles. The van der Waals surface area contributed by atoms with Crippen molar-refractivity contribution < 1.29 is 23.1 Å². The van der Waals surface area contributed by atoms with Gasteiger partial charge in [0.05, 0.1) is 0 Å². The number of para-hydroxylation sites is 1. The van der Waals surface area contributed by atoms with E-state index >= 15 is 0 Å². The van der Waals surface area contributed by atoms with Crippen LogP contribution in [0.15, 0.2) is 24.3 Å². The Morgan fingerprint density at radius 1 is 1.37 bits per heavy atom. The molecule has 0 radical (unpaired) electrons. The number of anilines is 1. The second-order valence-electron chi connectivity index (χ2n) is 4.52. The molecule has 1 N–H and O–H groups in total. The number of carbonyl (C=O) groups is 2. The molecule has 1 unspecified atom stereocenters. The van der Waals surface area contributed by atoms with E-state index in [0.29, 0.717) is 5.69 Å². The van der Waals surface area contributed by atoms with Gasteiger partial charge in [-0.15, -0.1) is 0 Å². The number of benzene rings is 1. The maximum Gasteiger partial charge on any atom is 0.327 e. The maximum absolute atomic E-state index is 12.0. The Kier molecular flexibility index (Phi) is 3.32. The van der Waals surface area contributed by atoms with Crippen LogP contribution >= 0.6 is 0 Å². The van der Waals surface area contributed by atoms with Gasteiger partial charge in [0.15, 0.2) is 9.84 Å². The van der Waals surface area contributed by atoms with E-state index < -0.39 is 33.5 Å². The maximum atomic E-state index is 12.0. The highest BCUT2D eigenvalue weighted by Gasteiger charge is 2.38. The van der Waals surface area contributed by atoms with Crippen molar-refractivity contribution in [2.45, 2.75) is 12.5 Å². The second kappa shape index (κ2) is 4.65. The molecule has 19 heavy (non-hydrogen) atoms. The molecule has 0 spiro atoms. The smallest absolute Gasteiger partial charge is 0.327 e. The SMILES string of the molecule is CS(=O)(=O)CC(=O)N1c2ccccc2CC1C(=O)O. The van der Waals surface area contributed by atoms with Crippen LogP contribution in [0.5, 0.6) is 0 Å². The van der Waals surface area contributed by atoms with Crippen LogP contribution in [0.25, 0.3) is 0 Å². The lowest BCUT2D eigenvalue weighted by Crippen LogP contribution is -2.45. The Hall–Kier alpha value is -1.89. The van der Waals surface area contributed by atoms with Gasteiger partial charge in [0.25, 0.3) is 0 Å². The number of sulfone groups is 1. The van der Waals surface area contributed by atoms with Crippen LogP contribution in [0.4, 0.5) is 5.69 Å². The van der Waals surface area contributed by atoms with Gasteiger partial charge in [-0.2, -0.15) is 0 Å². The number of fused-ring (bicyclic) bond motifs is 1. The zero-order valence-electron chi connectivity index (χ0n) is 10.2. The molecular formula is C12H13NO5S. The van der Waals surface area contributed by atoms with Gasteiger partial charge in [0, 0.05) is 18.4 Å². The topological polar surface area (TPSA) is 91.8 Å². The molecule has 0 saturated carbocycles. The third-order valence-electron chi connectivity index (χ3n) is 2.92. The number of nitrogens with zero attached hydrogens (tertiary/aromatic N) is 1. The van der Waals surface area contributed by atoms with E-state index in [-0.39, 0.29) is 6.42 Å². The molecule has 1 aromatic rings. The van der Waals surface area contributed by atoms with Crippen LogP contribution in [0.3, 0.4) is 0 Å². The summed E-state index contributed by atoms with van der Waals surface area (Å²) in [4.78, 5) is 24.3. The van der Waals surface area contributed by atoms with Crippen molar-refractivity contribution in [3.63, 3.8) is 0 Å². The first-order chi connectivity index (χ1) is 8.79. The van der Waals surface area contributed by atoms with Crippen molar-refractivity contribution in [1.29, 1.82) is 0 Å². The monoisotopic (exact) mass is 283 g/mol. The molecule has 0 bridgehead atoms. The van der Waals surface area contributed by atoms with E-state index in [4.69, 9.17) is 5.11 Å². The molecule has 6 nitrogen and oxygen atoms in total. The molecule has 1 atom stereocenters. The lowest BCUT2D eigenvalue weighted by atomic mass is 10.1. The largest absolute Gasteiger partial charge is 0.480 e. The van der Waals surface area contributed by atoms with Gasteiger partial charge in [-0.25, -0.2) is 13.2 Å². The van der Waals surface area contributed by atoms with E-state index in [2.05, 4.69) is 0 Å². The van der Waals surface area contributed by atoms with Gasteiger partial charge in [-0.3, -0.25) is 9.69 Å². The summed E-state index contributed by atoms with van der Waals surface area (Å²) in [6.45, 7) is 0. The minimum Gasteiger partial charge on any atom is -0.480 e. The molecule has 2 rings (SSSR count). The van der Waals surface area contributed by atoms with E-state index in [0.717, 1.165) is 16.7 Å². The standard InChI is InChI=1S/C12H13NO5S/c1-19(17,18)7-11(14)13-9-5-3-2-4-8(9)6-10(13)12(15)16/h2-5,10H,6-7H2,1H3,(H,15,16). The zero-order chi connectivity index (χ0) is 14.2. The van der Waals surface area contributed by atoms with Gasteiger partial charge in [0.1, 0.15) is 11.8 Å². The lowest BCUT2D eigenvalue weighted by molar-refractivity contribution is -0.139. The van der Waals surface area contributed by atoms with Crippen molar-refractivity contribution >= 4 is 27.4 Å². The van der Waals surface area contributed by atoms with Crippen LogP contribution in [-0.2, 0) is 25.8 Å². The summed E-state index contributed by atoms with van der Waals surface area (Å²) in [6.07, 6.45) is 1.14. The number of rotatable bonds is 3. The molecule has 1 amide bonds. The van der Waals surface area contributed by atoms with Crippen LogP contribution < -0.4 is 4.90 Å². The van der Waals surface area contributed by atoms with Gasteiger partial charge in [-0.1, -0.05) is 18.2 Å². The highest BCUT2D eigenvalue weighted by Crippen LogP contribution is 2.32. The van der Waals surface area contributed by atoms with E-state index in [9.17, 15) is 18.0 Å². The normalized spacial score (nSPS) is 18.2. The average Bonchev–Trinajstić information content (AvgIpc) is 2.65. The number of carboxylic acids is 1. The number of aliphatic carboxylic acids is 1. The quantitative estimate of drug-likeness (QED) is 0.847. The molecular weight excluding hydrogens is 270 g/mol. The Bertz CT molecular complexity index is 637. The summed E-state index contributed by atoms with van der Waals surface area (Å²) in [6, 6.07) is 5.76. The molecule has 1 heterocycles. The summed E-state index contributed by atoms with van der Waals surface area (Å²) in [5, 5.41) is 9.16. The fourth-order valence-corrected chi connectivity index (χ4v) is 2.77. The summed E-state index contributed by atoms with van der Waals surface area (Å²) in [5.41, 5.74) is 1.21. The van der Waals surface area contributed by atoms with E-state index in [1.165, 1.54) is 0 Å².